The predicted octanol–water partition coefficient (Wildman–Crippen LogP) is 2.67. The van der Waals surface area contributed by atoms with Crippen molar-refractivity contribution in [1.29, 1.82) is 0 Å². The van der Waals surface area contributed by atoms with Crippen molar-refractivity contribution in [2.24, 2.45) is 0 Å². The molecule has 3 rings (SSSR count). The van der Waals surface area contributed by atoms with E-state index in [1.54, 1.807) is 0 Å². The lowest BCUT2D eigenvalue weighted by Gasteiger charge is -2.41. The number of benzene rings is 1. The molecule has 1 aromatic carbocycles. The normalized spacial score (nSPS) is 25.6. The molecule has 0 unspecified atom stereocenters. The standard InChI is InChI=1S/C18H26N2O2/c1-13(2)22-17-8-4-6-15(10-17)11-19-12-16-7-5-9-20(16)18(21)14(19)3/h4,6,8,10,13-14,16H,5,7,9,11-12H2,1-3H3/t14-,16-/m0/s1. The zero-order valence-corrected chi connectivity index (χ0v) is 13.8. The van der Waals surface area contributed by atoms with Crippen LogP contribution in [0.3, 0.4) is 0 Å². The summed E-state index contributed by atoms with van der Waals surface area (Å²) in [4.78, 5) is 16.9. The summed E-state index contributed by atoms with van der Waals surface area (Å²) in [6.07, 6.45) is 2.47. The predicted molar refractivity (Wildman–Crippen MR) is 86.8 cm³/mol. The number of hydrogen-bond donors (Lipinski definition) is 0. The number of ether oxygens (including phenoxy) is 1. The molecule has 0 N–H and O–H groups in total. The second kappa shape index (κ2) is 6.29. The van der Waals surface area contributed by atoms with Gasteiger partial charge in [0.05, 0.1) is 12.1 Å². The van der Waals surface area contributed by atoms with E-state index in [9.17, 15) is 4.79 Å². The van der Waals surface area contributed by atoms with Gasteiger partial charge in [0.25, 0.3) is 0 Å². The van der Waals surface area contributed by atoms with Gasteiger partial charge in [-0.1, -0.05) is 12.1 Å². The molecule has 2 aliphatic heterocycles. The summed E-state index contributed by atoms with van der Waals surface area (Å²) in [5, 5.41) is 0. The van der Waals surface area contributed by atoms with Gasteiger partial charge in [-0.25, -0.2) is 0 Å². The molecular weight excluding hydrogens is 276 g/mol. The molecule has 120 valence electrons. The van der Waals surface area contributed by atoms with Crippen LogP contribution in [-0.2, 0) is 11.3 Å². The third-order valence-electron chi connectivity index (χ3n) is 4.67. The molecule has 2 atom stereocenters. The van der Waals surface area contributed by atoms with Gasteiger partial charge < -0.3 is 9.64 Å². The first-order valence-electron chi connectivity index (χ1n) is 8.34. The minimum absolute atomic E-state index is 0.0241. The molecule has 0 radical (unpaired) electrons. The largest absolute Gasteiger partial charge is 0.491 e. The summed E-state index contributed by atoms with van der Waals surface area (Å²) in [5.41, 5.74) is 1.21. The van der Waals surface area contributed by atoms with Crippen LogP contribution in [0.15, 0.2) is 24.3 Å². The Labute approximate surface area is 133 Å². The number of amides is 1. The average Bonchev–Trinajstić information content (AvgIpc) is 2.92. The fourth-order valence-corrected chi connectivity index (χ4v) is 3.57. The molecule has 1 aromatic rings. The van der Waals surface area contributed by atoms with Crippen LogP contribution in [0, 0.1) is 0 Å². The molecule has 2 fully saturated rings. The van der Waals surface area contributed by atoms with Crippen molar-refractivity contribution in [3.63, 3.8) is 0 Å². The summed E-state index contributed by atoms with van der Waals surface area (Å²) < 4.78 is 5.77. The van der Waals surface area contributed by atoms with Crippen molar-refractivity contribution >= 4 is 5.91 Å². The average molecular weight is 302 g/mol. The Bertz CT molecular complexity index is 544. The first kappa shape index (κ1) is 15.3. The SMILES string of the molecule is CC(C)Oc1cccc(CN2C[C@@H]3CCCN3C(=O)[C@@H]2C)c1. The van der Waals surface area contributed by atoms with Crippen LogP contribution < -0.4 is 4.74 Å². The molecule has 4 nitrogen and oxygen atoms in total. The zero-order valence-electron chi connectivity index (χ0n) is 13.8. The first-order chi connectivity index (χ1) is 10.5. The monoisotopic (exact) mass is 302 g/mol. The number of nitrogens with zero attached hydrogens (tertiary/aromatic N) is 2. The fraction of sp³-hybridized carbons (Fsp3) is 0.611. The maximum Gasteiger partial charge on any atom is 0.239 e. The second-order valence-electron chi connectivity index (χ2n) is 6.75. The van der Waals surface area contributed by atoms with Gasteiger partial charge in [-0.15, -0.1) is 0 Å². The molecule has 4 heteroatoms. The van der Waals surface area contributed by atoms with Gasteiger partial charge in [-0.3, -0.25) is 9.69 Å². The van der Waals surface area contributed by atoms with E-state index in [0.29, 0.717) is 11.9 Å². The molecule has 0 bridgehead atoms. The first-order valence-corrected chi connectivity index (χ1v) is 8.34. The third-order valence-corrected chi connectivity index (χ3v) is 4.67. The molecule has 1 amide bonds. The lowest BCUT2D eigenvalue weighted by Crippen LogP contribution is -2.58. The van der Waals surface area contributed by atoms with Crippen LogP contribution >= 0.6 is 0 Å². The van der Waals surface area contributed by atoms with Crippen molar-refractivity contribution in [2.75, 3.05) is 13.1 Å². The summed E-state index contributed by atoms with van der Waals surface area (Å²) in [5.74, 6) is 1.20. The molecule has 0 spiro atoms. The van der Waals surface area contributed by atoms with Crippen molar-refractivity contribution in [3.05, 3.63) is 29.8 Å². The van der Waals surface area contributed by atoms with E-state index < -0.39 is 0 Å². The highest BCUT2D eigenvalue weighted by atomic mass is 16.5. The van der Waals surface area contributed by atoms with Crippen LogP contribution in [0.5, 0.6) is 5.75 Å². The van der Waals surface area contributed by atoms with Crippen LogP contribution in [0.2, 0.25) is 0 Å². The topological polar surface area (TPSA) is 32.8 Å². The second-order valence-corrected chi connectivity index (χ2v) is 6.75. The summed E-state index contributed by atoms with van der Waals surface area (Å²) in [6.45, 7) is 8.85. The van der Waals surface area contributed by atoms with Gasteiger partial charge >= 0.3 is 0 Å². The van der Waals surface area contributed by atoms with E-state index in [1.807, 2.05) is 32.9 Å². The Morgan fingerprint density at radius 3 is 2.95 bits per heavy atom. The van der Waals surface area contributed by atoms with Crippen molar-refractivity contribution < 1.29 is 9.53 Å². The van der Waals surface area contributed by atoms with Gasteiger partial charge in [0, 0.05) is 25.7 Å². The lowest BCUT2D eigenvalue weighted by atomic mass is 10.1. The van der Waals surface area contributed by atoms with Gasteiger partial charge in [-0.05, 0) is 51.3 Å². The third kappa shape index (κ3) is 3.12. The molecule has 0 aliphatic carbocycles. The van der Waals surface area contributed by atoms with Crippen LogP contribution in [-0.4, -0.2) is 47.0 Å². The Morgan fingerprint density at radius 2 is 2.18 bits per heavy atom. The van der Waals surface area contributed by atoms with Crippen molar-refractivity contribution in [2.45, 2.75) is 58.3 Å². The van der Waals surface area contributed by atoms with Gasteiger partial charge in [-0.2, -0.15) is 0 Å². The van der Waals surface area contributed by atoms with E-state index >= 15 is 0 Å². The van der Waals surface area contributed by atoms with Crippen molar-refractivity contribution in [1.82, 2.24) is 9.80 Å². The molecule has 22 heavy (non-hydrogen) atoms. The van der Waals surface area contributed by atoms with Crippen LogP contribution in [0.1, 0.15) is 39.2 Å². The molecule has 0 saturated carbocycles. The van der Waals surface area contributed by atoms with E-state index in [0.717, 1.165) is 38.2 Å². The Balaban J connectivity index is 1.71. The van der Waals surface area contributed by atoms with Crippen molar-refractivity contribution in [3.8, 4) is 5.75 Å². The minimum Gasteiger partial charge on any atom is -0.491 e. The van der Waals surface area contributed by atoms with E-state index in [4.69, 9.17) is 4.74 Å². The van der Waals surface area contributed by atoms with E-state index in [1.165, 1.54) is 5.56 Å². The number of rotatable bonds is 4. The zero-order chi connectivity index (χ0) is 15.7. The molecule has 2 aliphatic rings. The van der Waals surface area contributed by atoms with Gasteiger partial charge in [0.15, 0.2) is 0 Å². The Kier molecular flexibility index (Phi) is 4.39. The highest BCUT2D eigenvalue weighted by molar-refractivity contribution is 5.83. The lowest BCUT2D eigenvalue weighted by molar-refractivity contribution is -0.143. The number of fused-ring (bicyclic) bond motifs is 1. The molecule has 2 saturated heterocycles. The van der Waals surface area contributed by atoms with E-state index in [2.05, 4.69) is 21.9 Å². The number of piperazine rings is 1. The smallest absolute Gasteiger partial charge is 0.239 e. The van der Waals surface area contributed by atoms with Crippen LogP contribution in [0.25, 0.3) is 0 Å². The Hall–Kier alpha value is -1.55. The fourth-order valence-electron chi connectivity index (χ4n) is 3.57. The maximum atomic E-state index is 12.5. The maximum absolute atomic E-state index is 12.5. The summed E-state index contributed by atoms with van der Waals surface area (Å²) in [7, 11) is 0. The highest BCUT2D eigenvalue weighted by Crippen LogP contribution is 2.27. The molecule has 2 heterocycles. The minimum atomic E-state index is -0.0241. The number of hydrogen-bond acceptors (Lipinski definition) is 3. The van der Waals surface area contributed by atoms with Crippen LogP contribution in [0.4, 0.5) is 0 Å². The molecular formula is C18H26N2O2. The van der Waals surface area contributed by atoms with E-state index in [-0.39, 0.29) is 12.1 Å². The summed E-state index contributed by atoms with van der Waals surface area (Å²) in [6, 6.07) is 8.63. The Morgan fingerprint density at radius 1 is 1.36 bits per heavy atom. The quantitative estimate of drug-likeness (QED) is 0.857. The number of carbonyl (C=O) groups excluding carboxylic acids is 1. The molecule has 0 aromatic heterocycles. The van der Waals surface area contributed by atoms with Gasteiger partial charge in [0.1, 0.15) is 5.75 Å². The highest BCUT2D eigenvalue weighted by Gasteiger charge is 2.39. The summed E-state index contributed by atoms with van der Waals surface area (Å²) >= 11 is 0. The number of carbonyl (C=O) groups is 1. The van der Waals surface area contributed by atoms with Gasteiger partial charge in [0.2, 0.25) is 5.91 Å².